The number of nitrogens with one attached hydrogen (secondary N) is 2. The fraction of sp³-hybridized carbons (Fsp3) is 0.343. The molecule has 3 N–H and O–H groups in total. The number of aliphatic hydroxyl groups is 1. The van der Waals surface area contributed by atoms with E-state index >= 15 is 0 Å². The van der Waals surface area contributed by atoms with Gasteiger partial charge < -0.3 is 34.7 Å². The van der Waals surface area contributed by atoms with Crippen molar-refractivity contribution in [3.8, 4) is 23.0 Å². The third kappa shape index (κ3) is 9.87. The van der Waals surface area contributed by atoms with Gasteiger partial charge in [-0.2, -0.15) is 0 Å². The summed E-state index contributed by atoms with van der Waals surface area (Å²) in [6, 6.07) is 15.5. The van der Waals surface area contributed by atoms with Crippen molar-refractivity contribution in [3.05, 3.63) is 78.5 Å². The molecular formula is C35H39F2N3O6. The molecule has 2 saturated carbocycles. The lowest BCUT2D eigenvalue weighted by Gasteiger charge is -2.15. The second-order valence-electron chi connectivity index (χ2n) is 11.5. The first-order valence-electron chi connectivity index (χ1n) is 15.0. The summed E-state index contributed by atoms with van der Waals surface area (Å²) in [5.74, 6) is 0.932. The minimum absolute atomic E-state index is 0.111. The second-order valence-corrected chi connectivity index (χ2v) is 11.5. The van der Waals surface area contributed by atoms with Gasteiger partial charge in [0.2, 0.25) is 6.41 Å². The van der Waals surface area contributed by atoms with Crippen molar-refractivity contribution in [2.24, 2.45) is 5.41 Å². The Kier molecular flexibility index (Phi) is 11.5. The first-order chi connectivity index (χ1) is 22.1. The Balaban J connectivity index is 0.000000244. The van der Waals surface area contributed by atoms with Crippen molar-refractivity contribution < 1.29 is 37.7 Å². The molecule has 0 saturated heterocycles. The number of carbonyl (C=O) groups is 2. The first-order valence-corrected chi connectivity index (χ1v) is 15.0. The summed E-state index contributed by atoms with van der Waals surface area (Å²) in [6.45, 7) is 2.46. The number of aromatic nitrogens is 1. The molecule has 2 aliphatic rings. The van der Waals surface area contributed by atoms with Crippen LogP contribution in [0.2, 0.25) is 0 Å². The molecule has 4 aromatic rings. The summed E-state index contributed by atoms with van der Waals surface area (Å²) >= 11 is 0. The number of benzene rings is 3. The Morgan fingerprint density at radius 1 is 0.913 bits per heavy atom. The maximum absolute atomic E-state index is 14.4. The Morgan fingerprint density at radius 2 is 1.63 bits per heavy atom. The van der Waals surface area contributed by atoms with Crippen molar-refractivity contribution in [1.29, 1.82) is 0 Å². The number of carbonyl (C=O) groups excluding carboxylic acids is 2. The van der Waals surface area contributed by atoms with Crippen LogP contribution in [0.5, 0.6) is 23.0 Å². The molecule has 2 aliphatic carbocycles. The lowest BCUT2D eigenvalue weighted by Crippen LogP contribution is -2.09. The Morgan fingerprint density at radius 3 is 2.20 bits per heavy atom. The number of methoxy groups -OCH3 is 1. The third-order valence-corrected chi connectivity index (χ3v) is 7.69. The Hall–Kier alpha value is -4.77. The van der Waals surface area contributed by atoms with Gasteiger partial charge in [0, 0.05) is 47.6 Å². The van der Waals surface area contributed by atoms with Gasteiger partial charge in [0.25, 0.3) is 0 Å². The van der Waals surface area contributed by atoms with Gasteiger partial charge in [-0.1, -0.05) is 6.92 Å². The first kappa shape index (κ1) is 34.1. The number of amides is 1. The zero-order valence-electron chi connectivity index (χ0n) is 26.1. The lowest BCUT2D eigenvalue weighted by atomic mass is 10.1. The highest BCUT2D eigenvalue weighted by Gasteiger charge is 2.39. The SMILES string of the molecule is CC1(C=O)CC1.CNc1ccc(Oc2ccnc3cc(OCCCC4(O)CC4)c(OC)cc23)c(F)c1.O=CNc1ccc(F)cc1. The molecule has 0 aliphatic heterocycles. The molecule has 0 spiro atoms. The van der Waals surface area contributed by atoms with Crippen LogP contribution in [0.25, 0.3) is 10.9 Å². The van der Waals surface area contributed by atoms with Crippen LogP contribution >= 0.6 is 0 Å². The van der Waals surface area contributed by atoms with Gasteiger partial charge in [-0.3, -0.25) is 9.78 Å². The molecule has 0 bridgehead atoms. The van der Waals surface area contributed by atoms with E-state index in [9.17, 15) is 23.5 Å². The zero-order valence-corrected chi connectivity index (χ0v) is 26.1. The number of hydrogen-bond acceptors (Lipinski definition) is 8. The number of hydrogen-bond donors (Lipinski definition) is 3. The highest BCUT2D eigenvalue weighted by molar-refractivity contribution is 5.88. The standard InChI is InChI=1S/C23H25FN2O4.C7H6FNO.C5H8O/c1-25-15-4-5-20(17(24)12-15)30-19-6-10-26-18-14-22(21(28-2)13-16(18)19)29-11-3-7-23(27)8-9-23;8-6-1-3-7(4-2-6)9-5-10;1-5(4-6)2-3-5/h4-6,10,12-14,25,27H,3,7-9,11H2,1-2H3;1-5H,(H,9,10);4H,2-3H2,1H3. The lowest BCUT2D eigenvalue weighted by molar-refractivity contribution is -0.111. The molecule has 11 heteroatoms. The van der Waals surface area contributed by atoms with Crippen LogP contribution in [-0.4, -0.2) is 49.2 Å². The minimum atomic E-state index is -0.481. The van der Waals surface area contributed by atoms with Crippen LogP contribution in [0.3, 0.4) is 0 Å². The topological polar surface area (TPSA) is 119 Å². The summed E-state index contributed by atoms with van der Waals surface area (Å²) < 4.78 is 43.8. The molecule has 9 nitrogen and oxygen atoms in total. The maximum Gasteiger partial charge on any atom is 0.211 e. The second kappa shape index (κ2) is 15.5. The number of nitrogens with zero attached hydrogens (tertiary/aromatic N) is 1. The highest BCUT2D eigenvalue weighted by Crippen LogP contribution is 2.42. The van der Waals surface area contributed by atoms with E-state index in [4.69, 9.17) is 14.2 Å². The summed E-state index contributed by atoms with van der Waals surface area (Å²) in [5.41, 5.74) is 1.54. The van der Waals surface area contributed by atoms with E-state index in [0.29, 0.717) is 52.5 Å². The molecule has 2 fully saturated rings. The quantitative estimate of drug-likeness (QED) is 0.110. The van der Waals surface area contributed by atoms with Crippen molar-refractivity contribution >= 4 is 35.0 Å². The molecule has 0 unspecified atom stereocenters. The largest absolute Gasteiger partial charge is 0.493 e. The van der Waals surface area contributed by atoms with E-state index in [0.717, 1.165) is 44.8 Å². The van der Waals surface area contributed by atoms with Gasteiger partial charge in [-0.05, 0) is 87.1 Å². The van der Waals surface area contributed by atoms with Gasteiger partial charge in [0.05, 0.1) is 24.8 Å². The molecule has 0 radical (unpaired) electrons. The highest BCUT2D eigenvalue weighted by atomic mass is 19.1. The predicted molar refractivity (Wildman–Crippen MR) is 173 cm³/mol. The van der Waals surface area contributed by atoms with E-state index in [2.05, 4.69) is 15.6 Å². The van der Waals surface area contributed by atoms with E-state index in [1.165, 1.54) is 30.3 Å². The van der Waals surface area contributed by atoms with Gasteiger partial charge in [-0.25, -0.2) is 8.78 Å². The number of rotatable bonds is 12. The average molecular weight is 636 g/mol. The Labute approximate surface area is 266 Å². The monoisotopic (exact) mass is 635 g/mol. The summed E-state index contributed by atoms with van der Waals surface area (Å²) in [7, 11) is 3.29. The van der Waals surface area contributed by atoms with Crippen molar-refractivity contribution in [2.75, 3.05) is 31.4 Å². The maximum atomic E-state index is 14.4. The van der Waals surface area contributed by atoms with Crippen molar-refractivity contribution in [2.45, 2.75) is 51.0 Å². The van der Waals surface area contributed by atoms with Gasteiger partial charge >= 0.3 is 0 Å². The number of fused-ring (bicyclic) bond motifs is 1. The molecule has 3 aromatic carbocycles. The van der Waals surface area contributed by atoms with Crippen molar-refractivity contribution in [1.82, 2.24) is 4.98 Å². The van der Waals surface area contributed by atoms with Crippen LogP contribution in [0.4, 0.5) is 20.2 Å². The van der Waals surface area contributed by atoms with Crippen LogP contribution < -0.4 is 24.8 Å². The smallest absolute Gasteiger partial charge is 0.211 e. The number of pyridine rings is 1. The van der Waals surface area contributed by atoms with E-state index < -0.39 is 11.4 Å². The number of aldehydes is 1. The normalized spacial score (nSPS) is 14.7. The molecule has 1 heterocycles. The zero-order chi connectivity index (χ0) is 33.2. The van der Waals surface area contributed by atoms with E-state index in [1.54, 1.807) is 50.7 Å². The molecule has 1 aromatic heterocycles. The van der Waals surface area contributed by atoms with E-state index in [1.807, 2.05) is 6.92 Å². The van der Waals surface area contributed by atoms with Crippen LogP contribution in [-0.2, 0) is 9.59 Å². The molecular weight excluding hydrogens is 596 g/mol. The number of anilines is 2. The minimum Gasteiger partial charge on any atom is -0.493 e. The van der Waals surface area contributed by atoms with Crippen LogP contribution in [0, 0.1) is 17.0 Å². The van der Waals surface area contributed by atoms with E-state index in [-0.39, 0.29) is 17.0 Å². The van der Waals surface area contributed by atoms with Crippen LogP contribution in [0.1, 0.15) is 45.4 Å². The Bertz CT molecular complexity index is 1630. The summed E-state index contributed by atoms with van der Waals surface area (Å²) in [6.07, 6.45) is 8.66. The van der Waals surface area contributed by atoms with Gasteiger partial charge in [0.1, 0.15) is 17.9 Å². The third-order valence-electron chi connectivity index (χ3n) is 7.69. The molecule has 244 valence electrons. The summed E-state index contributed by atoms with van der Waals surface area (Å²) in [5, 5.41) is 15.9. The number of ether oxygens (including phenoxy) is 3. The van der Waals surface area contributed by atoms with Crippen LogP contribution in [0.15, 0.2) is 66.9 Å². The molecule has 46 heavy (non-hydrogen) atoms. The fourth-order valence-electron chi connectivity index (χ4n) is 4.25. The molecule has 1 amide bonds. The van der Waals surface area contributed by atoms with Crippen molar-refractivity contribution in [3.63, 3.8) is 0 Å². The molecule has 0 atom stereocenters. The fourth-order valence-corrected chi connectivity index (χ4v) is 4.25. The summed E-state index contributed by atoms with van der Waals surface area (Å²) in [4.78, 5) is 24.1. The average Bonchev–Trinajstić information content (AvgIpc) is 4.00. The molecule has 6 rings (SSSR count). The van der Waals surface area contributed by atoms with Gasteiger partial charge in [0.15, 0.2) is 23.1 Å². The predicted octanol–water partition coefficient (Wildman–Crippen LogP) is 7.28. The van der Waals surface area contributed by atoms with Gasteiger partial charge in [-0.15, -0.1) is 0 Å². The number of halogens is 2.